The molecule has 5 nitrogen and oxygen atoms in total. The van der Waals surface area contributed by atoms with Gasteiger partial charge in [-0.1, -0.05) is 44.2 Å². The van der Waals surface area contributed by atoms with E-state index >= 15 is 0 Å². The number of nitrogens with two attached hydrogens (primary N) is 1. The number of benzene rings is 2. The topological polar surface area (TPSA) is 59.8 Å². The lowest BCUT2D eigenvalue weighted by Crippen LogP contribution is -2.48. The van der Waals surface area contributed by atoms with Crippen molar-refractivity contribution in [3.05, 3.63) is 42.5 Å². The highest BCUT2D eigenvalue weighted by Gasteiger charge is 2.31. The highest BCUT2D eigenvalue weighted by atomic mass is 16.5. The maximum Gasteiger partial charge on any atom is 0.230 e. The number of rotatable bonds is 2. The Morgan fingerprint density at radius 3 is 2.50 bits per heavy atom. The summed E-state index contributed by atoms with van der Waals surface area (Å²) in [5.74, 6) is 0.815. The fourth-order valence-corrected chi connectivity index (χ4v) is 2.97. The summed E-state index contributed by atoms with van der Waals surface area (Å²) in [6.07, 6.45) is -0.150. The molecule has 1 unspecified atom stereocenters. The van der Waals surface area contributed by atoms with Crippen LogP contribution in [0.1, 0.15) is 13.8 Å². The minimum absolute atomic E-state index is 0.150. The number of morpholine rings is 1. The summed E-state index contributed by atoms with van der Waals surface area (Å²) in [6.45, 7) is 7.21. The molecule has 2 heterocycles. The average molecular weight is 327 g/mol. The van der Waals surface area contributed by atoms with Crippen LogP contribution in [-0.2, 0) is 4.74 Å². The van der Waals surface area contributed by atoms with Crippen molar-refractivity contribution in [1.29, 1.82) is 0 Å². The first-order valence-corrected chi connectivity index (χ1v) is 8.55. The Morgan fingerprint density at radius 1 is 1.08 bits per heavy atom. The molecule has 4 rings (SSSR count). The fourth-order valence-electron chi connectivity index (χ4n) is 2.97. The molecule has 24 heavy (non-hydrogen) atoms. The molecule has 0 radical (unpaired) electrons. The number of hydrogen-bond donors (Lipinski definition) is 2. The van der Waals surface area contributed by atoms with Crippen molar-refractivity contribution in [2.75, 3.05) is 37.4 Å². The average Bonchev–Trinajstić information content (AvgIpc) is 3.08. The SMILES string of the molecule is CC.Nc1cc2c(c(-c3ccccc3)c1)NC(N1CCOCC1)O2. The van der Waals surface area contributed by atoms with Crippen LogP contribution in [0.15, 0.2) is 42.5 Å². The number of fused-ring (bicyclic) bond motifs is 1. The van der Waals surface area contributed by atoms with E-state index in [4.69, 9.17) is 15.2 Å². The molecule has 0 spiro atoms. The van der Waals surface area contributed by atoms with Crippen LogP contribution in [0, 0.1) is 0 Å². The van der Waals surface area contributed by atoms with Crippen molar-refractivity contribution in [2.24, 2.45) is 0 Å². The Kier molecular flexibility index (Phi) is 5.23. The van der Waals surface area contributed by atoms with Gasteiger partial charge in [-0.2, -0.15) is 0 Å². The molecule has 0 aromatic heterocycles. The fraction of sp³-hybridized carbons (Fsp3) is 0.368. The minimum atomic E-state index is -0.150. The number of nitrogens with zero attached hydrogens (tertiary/aromatic N) is 1. The second-order valence-electron chi connectivity index (χ2n) is 5.57. The van der Waals surface area contributed by atoms with Gasteiger partial charge in [0.2, 0.25) is 6.35 Å². The highest BCUT2D eigenvalue weighted by molar-refractivity contribution is 5.86. The Morgan fingerprint density at radius 2 is 1.79 bits per heavy atom. The largest absolute Gasteiger partial charge is 0.455 e. The first kappa shape index (κ1) is 16.6. The zero-order valence-electron chi connectivity index (χ0n) is 14.3. The zero-order valence-corrected chi connectivity index (χ0v) is 14.3. The standard InChI is InChI=1S/C17H19N3O2.C2H6/c18-13-10-14(12-4-2-1-3-5-12)16-15(11-13)22-17(19-16)20-6-8-21-9-7-20;1-2/h1-5,10-11,17,19H,6-9,18H2;1-2H3. The maximum absolute atomic E-state index is 6.07. The Bertz CT molecular complexity index is 670. The van der Waals surface area contributed by atoms with E-state index in [0.29, 0.717) is 5.69 Å². The monoisotopic (exact) mass is 327 g/mol. The molecule has 1 saturated heterocycles. The quantitative estimate of drug-likeness (QED) is 0.828. The predicted molar refractivity (Wildman–Crippen MR) is 98.1 cm³/mol. The second-order valence-corrected chi connectivity index (χ2v) is 5.57. The molecular formula is C19H25N3O2. The van der Waals surface area contributed by atoms with Gasteiger partial charge in [0.05, 0.1) is 18.9 Å². The van der Waals surface area contributed by atoms with E-state index in [2.05, 4.69) is 22.3 Å². The van der Waals surface area contributed by atoms with Crippen LogP contribution in [0.2, 0.25) is 0 Å². The molecule has 2 aliphatic rings. The third kappa shape index (κ3) is 3.32. The van der Waals surface area contributed by atoms with Gasteiger partial charge < -0.3 is 20.5 Å². The van der Waals surface area contributed by atoms with Gasteiger partial charge in [-0.15, -0.1) is 0 Å². The normalized spacial score (nSPS) is 19.5. The zero-order chi connectivity index (χ0) is 16.9. The van der Waals surface area contributed by atoms with Gasteiger partial charge in [-0.3, -0.25) is 0 Å². The molecule has 5 heteroatoms. The molecule has 2 aromatic carbocycles. The number of hydrogen-bond acceptors (Lipinski definition) is 5. The van der Waals surface area contributed by atoms with Crippen LogP contribution < -0.4 is 15.8 Å². The van der Waals surface area contributed by atoms with E-state index in [1.165, 1.54) is 0 Å². The molecule has 0 bridgehead atoms. The van der Waals surface area contributed by atoms with Gasteiger partial charge in [-0.25, -0.2) is 4.90 Å². The molecule has 2 aliphatic heterocycles. The number of anilines is 2. The van der Waals surface area contributed by atoms with Gasteiger partial charge in [0.25, 0.3) is 0 Å². The summed E-state index contributed by atoms with van der Waals surface area (Å²) in [6, 6.07) is 14.1. The summed E-state index contributed by atoms with van der Waals surface area (Å²) in [5, 5.41) is 3.49. The molecule has 0 amide bonds. The maximum atomic E-state index is 6.07. The van der Waals surface area contributed by atoms with E-state index in [-0.39, 0.29) is 6.35 Å². The molecule has 2 aromatic rings. The Labute approximate surface area is 143 Å². The van der Waals surface area contributed by atoms with E-state index in [1.54, 1.807) is 0 Å². The summed E-state index contributed by atoms with van der Waals surface area (Å²) in [5.41, 5.74) is 9.98. The lowest BCUT2D eigenvalue weighted by atomic mass is 10.0. The van der Waals surface area contributed by atoms with Gasteiger partial charge in [0.1, 0.15) is 5.75 Å². The van der Waals surface area contributed by atoms with Crippen LogP contribution in [0.4, 0.5) is 11.4 Å². The lowest BCUT2D eigenvalue weighted by molar-refractivity contribution is -0.0274. The third-order valence-electron chi connectivity index (χ3n) is 4.09. The highest BCUT2D eigenvalue weighted by Crippen LogP contribution is 2.42. The van der Waals surface area contributed by atoms with Crippen molar-refractivity contribution in [3.8, 4) is 16.9 Å². The number of ether oxygens (including phenoxy) is 2. The third-order valence-corrected chi connectivity index (χ3v) is 4.09. The molecule has 0 saturated carbocycles. The van der Waals surface area contributed by atoms with E-state index in [1.807, 2.05) is 44.2 Å². The summed E-state index contributed by atoms with van der Waals surface area (Å²) < 4.78 is 11.5. The van der Waals surface area contributed by atoms with Gasteiger partial charge in [0.15, 0.2) is 0 Å². The minimum Gasteiger partial charge on any atom is -0.455 e. The van der Waals surface area contributed by atoms with Gasteiger partial charge >= 0.3 is 0 Å². The smallest absolute Gasteiger partial charge is 0.230 e. The van der Waals surface area contributed by atoms with Crippen LogP contribution in [0.5, 0.6) is 5.75 Å². The Balaban J connectivity index is 0.000000815. The van der Waals surface area contributed by atoms with Gasteiger partial charge in [-0.05, 0) is 11.6 Å². The lowest BCUT2D eigenvalue weighted by Gasteiger charge is -2.31. The van der Waals surface area contributed by atoms with Crippen molar-refractivity contribution >= 4 is 11.4 Å². The van der Waals surface area contributed by atoms with Crippen molar-refractivity contribution in [1.82, 2.24) is 4.90 Å². The van der Waals surface area contributed by atoms with Crippen molar-refractivity contribution in [3.63, 3.8) is 0 Å². The first-order valence-electron chi connectivity index (χ1n) is 8.55. The molecule has 128 valence electrons. The summed E-state index contributed by atoms with van der Waals surface area (Å²) >= 11 is 0. The number of nitrogens with one attached hydrogen (secondary N) is 1. The summed E-state index contributed by atoms with van der Waals surface area (Å²) in [7, 11) is 0. The van der Waals surface area contributed by atoms with E-state index in [0.717, 1.165) is 48.9 Å². The molecule has 3 N–H and O–H groups in total. The molecular weight excluding hydrogens is 302 g/mol. The van der Waals surface area contributed by atoms with Crippen LogP contribution >= 0.6 is 0 Å². The summed E-state index contributed by atoms with van der Waals surface area (Å²) in [4.78, 5) is 2.24. The van der Waals surface area contributed by atoms with Gasteiger partial charge in [0, 0.05) is 30.4 Å². The van der Waals surface area contributed by atoms with Crippen LogP contribution in [0.25, 0.3) is 11.1 Å². The van der Waals surface area contributed by atoms with Crippen LogP contribution in [-0.4, -0.2) is 37.6 Å². The Hall–Kier alpha value is -2.24. The first-order chi connectivity index (χ1) is 11.8. The molecule has 0 aliphatic carbocycles. The molecule has 1 fully saturated rings. The molecule has 1 atom stereocenters. The van der Waals surface area contributed by atoms with Crippen molar-refractivity contribution in [2.45, 2.75) is 20.2 Å². The van der Waals surface area contributed by atoms with Crippen LogP contribution in [0.3, 0.4) is 0 Å². The predicted octanol–water partition coefficient (Wildman–Crippen LogP) is 3.38. The van der Waals surface area contributed by atoms with Crippen molar-refractivity contribution < 1.29 is 9.47 Å². The van der Waals surface area contributed by atoms with E-state index in [9.17, 15) is 0 Å². The van der Waals surface area contributed by atoms with E-state index < -0.39 is 0 Å². The number of nitrogen functional groups attached to an aromatic ring is 1. The second kappa shape index (κ2) is 7.55.